The number of aliphatic imine (C=N–C) groups is 1. The fraction of sp³-hybridized carbons (Fsp3) is 0.600. The topological polar surface area (TPSA) is 29.4 Å². The van der Waals surface area contributed by atoms with Gasteiger partial charge in [0.15, 0.2) is 5.78 Å². The zero-order valence-corrected chi connectivity index (χ0v) is 7.87. The highest BCUT2D eigenvalue weighted by Gasteiger charge is 2.16. The maximum absolute atomic E-state index is 11.1. The Kier molecular flexibility index (Phi) is 2.79. The zero-order valence-electron chi connectivity index (χ0n) is 7.87. The van der Waals surface area contributed by atoms with E-state index in [0.717, 1.165) is 12.0 Å². The molecule has 0 radical (unpaired) electrons. The highest BCUT2D eigenvalue weighted by Crippen LogP contribution is 2.20. The lowest BCUT2D eigenvalue weighted by Crippen LogP contribution is -2.10. The highest BCUT2D eigenvalue weighted by molar-refractivity contribution is 5.97. The molecule has 0 fully saturated rings. The van der Waals surface area contributed by atoms with Gasteiger partial charge in [-0.2, -0.15) is 0 Å². The van der Waals surface area contributed by atoms with Crippen molar-refractivity contribution in [1.29, 1.82) is 0 Å². The van der Waals surface area contributed by atoms with Gasteiger partial charge in [0.25, 0.3) is 0 Å². The normalized spacial score (nSPS) is 29.4. The van der Waals surface area contributed by atoms with Gasteiger partial charge in [-0.1, -0.05) is 6.92 Å². The van der Waals surface area contributed by atoms with E-state index in [1.165, 1.54) is 0 Å². The van der Waals surface area contributed by atoms with E-state index in [1.54, 1.807) is 13.1 Å². The third-order valence-corrected chi connectivity index (χ3v) is 2.23. The van der Waals surface area contributed by atoms with Crippen molar-refractivity contribution in [2.45, 2.75) is 33.2 Å². The Balaban J connectivity index is 2.81. The summed E-state index contributed by atoms with van der Waals surface area (Å²) in [6.45, 7) is 5.77. The molecule has 0 aliphatic carbocycles. The average Bonchev–Trinajstić information content (AvgIpc) is 2.10. The molecular formula is C10H15NO. The molecule has 2 nitrogen and oxygen atoms in total. The lowest BCUT2D eigenvalue weighted by atomic mass is 9.93. The molecular weight excluding hydrogens is 150 g/mol. The van der Waals surface area contributed by atoms with E-state index in [2.05, 4.69) is 18.8 Å². The summed E-state index contributed by atoms with van der Waals surface area (Å²) in [6, 6.07) is 0.341. The molecule has 0 saturated heterocycles. The summed E-state index contributed by atoms with van der Waals surface area (Å²) in [7, 11) is 0. The molecule has 66 valence electrons. The van der Waals surface area contributed by atoms with Gasteiger partial charge >= 0.3 is 0 Å². The van der Waals surface area contributed by atoms with Gasteiger partial charge < -0.3 is 0 Å². The molecule has 1 aliphatic heterocycles. The van der Waals surface area contributed by atoms with Crippen molar-refractivity contribution >= 4 is 12.0 Å². The summed E-state index contributed by atoms with van der Waals surface area (Å²) in [5.41, 5.74) is 0.906. The maximum Gasteiger partial charge on any atom is 0.156 e. The van der Waals surface area contributed by atoms with Gasteiger partial charge in [0.05, 0.1) is 0 Å². The Bertz CT molecular complexity index is 240. The summed E-state index contributed by atoms with van der Waals surface area (Å²) < 4.78 is 0. The third kappa shape index (κ3) is 2.03. The molecule has 2 unspecified atom stereocenters. The van der Waals surface area contributed by atoms with Crippen LogP contribution in [-0.4, -0.2) is 18.0 Å². The number of nitrogens with zero attached hydrogens (tertiary/aromatic N) is 1. The number of hydrogen-bond acceptors (Lipinski definition) is 2. The molecule has 1 aliphatic rings. The largest absolute Gasteiger partial charge is 0.295 e. The van der Waals surface area contributed by atoms with Crippen molar-refractivity contribution in [2.24, 2.45) is 10.9 Å². The van der Waals surface area contributed by atoms with E-state index < -0.39 is 0 Å². The molecule has 0 aromatic heterocycles. The second-order valence-corrected chi connectivity index (χ2v) is 3.46. The van der Waals surface area contributed by atoms with Gasteiger partial charge in [0.1, 0.15) is 0 Å². The van der Waals surface area contributed by atoms with Crippen LogP contribution in [0, 0.1) is 5.92 Å². The first-order valence-corrected chi connectivity index (χ1v) is 4.35. The van der Waals surface area contributed by atoms with Crippen LogP contribution in [0.5, 0.6) is 0 Å². The van der Waals surface area contributed by atoms with Crippen LogP contribution in [0.4, 0.5) is 0 Å². The molecule has 2 atom stereocenters. The fourth-order valence-electron chi connectivity index (χ4n) is 1.60. The van der Waals surface area contributed by atoms with Crippen LogP contribution in [0.25, 0.3) is 0 Å². The van der Waals surface area contributed by atoms with Gasteiger partial charge in [-0.25, -0.2) is 0 Å². The summed E-state index contributed by atoms with van der Waals surface area (Å²) in [5.74, 6) is 0.517. The molecule has 1 rings (SSSR count). The molecule has 0 aromatic carbocycles. The molecule has 2 heteroatoms. The Morgan fingerprint density at radius 2 is 2.25 bits per heavy atom. The minimum Gasteiger partial charge on any atom is -0.295 e. The Morgan fingerprint density at radius 1 is 1.58 bits per heavy atom. The predicted octanol–water partition coefficient (Wildman–Crippen LogP) is 2.00. The average molecular weight is 165 g/mol. The first-order valence-electron chi connectivity index (χ1n) is 4.35. The second kappa shape index (κ2) is 3.65. The first kappa shape index (κ1) is 9.17. The fourth-order valence-corrected chi connectivity index (χ4v) is 1.60. The van der Waals surface area contributed by atoms with Crippen molar-refractivity contribution in [1.82, 2.24) is 0 Å². The molecule has 1 heterocycles. The van der Waals surface area contributed by atoms with Gasteiger partial charge in [-0.05, 0) is 37.8 Å². The molecule has 0 aromatic rings. The van der Waals surface area contributed by atoms with Gasteiger partial charge in [0.2, 0.25) is 0 Å². The predicted molar refractivity (Wildman–Crippen MR) is 50.5 cm³/mol. The van der Waals surface area contributed by atoms with Crippen molar-refractivity contribution in [3.8, 4) is 0 Å². The Labute approximate surface area is 73.4 Å². The van der Waals surface area contributed by atoms with E-state index in [1.807, 2.05) is 6.08 Å². The number of rotatable bonds is 1. The van der Waals surface area contributed by atoms with Crippen LogP contribution in [0.15, 0.2) is 16.6 Å². The van der Waals surface area contributed by atoms with Gasteiger partial charge in [-0.15, -0.1) is 0 Å². The van der Waals surface area contributed by atoms with Crippen LogP contribution in [0.2, 0.25) is 0 Å². The van der Waals surface area contributed by atoms with Crippen molar-refractivity contribution in [3.63, 3.8) is 0 Å². The summed E-state index contributed by atoms with van der Waals surface area (Å²) in [4.78, 5) is 15.4. The minimum atomic E-state index is 0.169. The van der Waals surface area contributed by atoms with Crippen LogP contribution in [0.3, 0.4) is 0 Å². The maximum atomic E-state index is 11.1. The van der Waals surface area contributed by atoms with E-state index in [4.69, 9.17) is 0 Å². The first-order chi connectivity index (χ1) is 5.61. The molecule has 0 N–H and O–H groups in total. The lowest BCUT2D eigenvalue weighted by Gasteiger charge is -2.12. The summed E-state index contributed by atoms with van der Waals surface area (Å²) >= 11 is 0. The molecule has 0 spiro atoms. The van der Waals surface area contributed by atoms with Crippen LogP contribution in [0.1, 0.15) is 27.2 Å². The molecule has 12 heavy (non-hydrogen) atoms. The lowest BCUT2D eigenvalue weighted by molar-refractivity contribution is -0.114. The van der Waals surface area contributed by atoms with Gasteiger partial charge in [0, 0.05) is 12.3 Å². The van der Waals surface area contributed by atoms with Crippen LogP contribution < -0.4 is 0 Å². The number of carbonyl (C=O) groups is 1. The number of ketones is 1. The van der Waals surface area contributed by atoms with E-state index >= 15 is 0 Å². The van der Waals surface area contributed by atoms with E-state index in [9.17, 15) is 4.79 Å². The monoisotopic (exact) mass is 165 g/mol. The Hall–Kier alpha value is -0.920. The quantitative estimate of drug-likeness (QED) is 0.584. The van der Waals surface area contributed by atoms with Crippen LogP contribution >= 0.6 is 0 Å². The second-order valence-electron chi connectivity index (χ2n) is 3.46. The van der Waals surface area contributed by atoms with Crippen LogP contribution in [-0.2, 0) is 4.79 Å². The van der Waals surface area contributed by atoms with E-state index in [0.29, 0.717) is 12.0 Å². The summed E-state index contributed by atoms with van der Waals surface area (Å²) in [6.07, 6.45) is 4.57. The third-order valence-electron chi connectivity index (χ3n) is 2.23. The van der Waals surface area contributed by atoms with Crippen molar-refractivity contribution in [3.05, 3.63) is 11.6 Å². The number of Topliss-reactive ketones (excluding diaryl/α,β-unsaturated/α-hetero) is 1. The summed E-state index contributed by atoms with van der Waals surface area (Å²) in [5, 5.41) is 0. The standard InChI is InChI=1S/C10H15NO/c1-7-6-8(2)11-5-4-10(7)9(3)12/h4-5,7-8H,6H2,1-3H3. The molecule has 0 saturated carbocycles. The van der Waals surface area contributed by atoms with Crippen molar-refractivity contribution in [2.75, 3.05) is 0 Å². The smallest absolute Gasteiger partial charge is 0.156 e. The van der Waals surface area contributed by atoms with E-state index in [-0.39, 0.29) is 5.78 Å². The molecule has 0 amide bonds. The van der Waals surface area contributed by atoms with Gasteiger partial charge in [-0.3, -0.25) is 9.79 Å². The number of hydrogen-bond donors (Lipinski definition) is 0. The van der Waals surface area contributed by atoms with Crippen molar-refractivity contribution < 1.29 is 4.79 Å². The SMILES string of the molecule is CC(=O)C1=CC=NC(C)CC1C. The molecule has 0 bridgehead atoms. The Morgan fingerprint density at radius 3 is 2.83 bits per heavy atom. The zero-order chi connectivity index (χ0) is 9.14. The highest BCUT2D eigenvalue weighted by atomic mass is 16.1. The number of allylic oxidation sites excluding steroid dienone is 2. The minimum absolute atomic E-state index is 0.169. The number of carbonyl (C=O) groups excluding carboxylic acids is 1.